The Bertz CT molecular complexity index is 743. The summed E-state index contributed by atoms with van der Waals surface area (Å²) in [5.74, 6) is -1.96. The van der Waals surface area contributed by atoms with Gasteiger partial charge in [-0.25, -0.2) is 0 Å². The van der Waals surface area contributed by atoms with Crippen molar-refractivity contribution in [3.05, 3.63) is 34.9 Å². The molecule has 3 aliphatic rings. The van der Waals surface area contributed by atoms with Gasteiger partial charge in [-0.2, -0.15) is 0 Å². The molecule has 0 spiro atoms. The summed E-state index contributed by atoms with van der Waals surface area (Å²) in [4.78, 5) is 36.7. The number of carbonyl (C=O) groups excluding carboxylic acids is 3. The molecule has 1 saturated heterocycles. The number of hydrogen-bond acceptors (Lipinski definition) is 4. The Morgan fingerprint density at radius 3 is 2.71 bits per heavy atom. The van der Waals surface area contributed by atoms with Crippen LogP contribution in [-0.4, -0.2) is 28.7 Å². The second kappa shape index (κ2) is 5.74. The molecular formula is C16H14BrClN2O4. The van der Waals surface area contributed by atoms with Crippen LogP contribution >= 0.6 is 27.5 Å². The maximum atomic E-state index is 12.5. The zero-order valence-corrected chi connectivity index (χ0v) is 14.7. The Labute approximate surface area is 151 Å². The standard InChI is InChI=1S/C16H14BrClN2O4/c17-12-7-5-8-11(16(23)24-13(8)12)10(7)15(22)20-19-14(21)6-3-1-2-4-9(6)18/h1-4,7-8,10-13H,5H2,(H,19,21)(H,20,22)/t7-,8-,10-,11-,12-,13+/m1/s1. The Morgan fingerprint density at radius 1 is 1.21 bits per heavy atom. The summed E-state index contributed by atoms with van der Waals surface area (Å²) in [7, 11) is 0. The minimum absolute atomic E-state index is 0.0137. The highest BCUT2D eigenvalue weighted by molar-refractivity contribution is 9.09. The van der Waals surface area contributed by atoms with Crippen LogP contribution < -0.4 is 10.9 Å². The van der Waals surface area contributed by atoms with Crippen molar-refractivity contribution in [2.24, 2.45) is 23.7 Å². The van der Waals surface area contributed by atoms with Crippen LogP contribution in [0.25, 0.3) is 0 Å². The average molecular weight is 414 g/mol. The van der Waals surface area contributed by atoms with Gasteiger partial charge in [0.15, 0.2) is 0 Å². The van der Waals surface area contributed by atoms with E-state index in [1.165, 1.54) is 0 Å². The molecular weight excluding hydrogens is 400 g/mol. The SMILES string of the molecule is O=C(NNC(=O)[C@@H]1[C@H]2C[C@H]3[C@H](OC(=O)[C@H]31)[C@@H]2Br)c1ccccc1Cl. The number of esters is 1. The molecule has 126 valence electrons. The summed E-state index contributed by atoms with van der Waals surface area (Å²) in [5, 5.41) is 0.298. The van der Waals surface area contributed by atoms with Crippen molar-refractivity contribution in [3.63, 3.8) is 0 Å². The molecule has 2 N–H and O–H groups in total. The van der Waals surface area contributed by atoms with Crippen molar-refractivity contribution in [2.75, 3.05) is 0 Å². The molecule has 1 aromatic rings. The Kier molecular flexibility index (Phi) is 3.80. The third-order valence-corrected chi connectivity index (χ3v) is 6.77. The Hall–Kier alpha value is -1.60. The fourth-order valence-electron chi connectivity index (χ4n) is 4.24. The highest BCUT2D eigenvalue weighted by Gasteiger charge is 2.67. The van der Waals surface area contributed by atoms with Gasteiger partial charge in [0.2, 0.25) is 5.91 Å². The molecule has 2 aliphatic carbocycles. The summed E-state index contributed by atoms with van der Waals surface area (Å²) in [6.45, 7) is 0. The molecule has 2 saturated carbocycles. The average Bonchev–Trinajstić information content (AvgIpc) is 3.17. The second-order valence-electron chi connectivity index (χ2n) is 6.38. The lowest BCUT2D eigenvalue weighted by Crippen LogP contribution is -2.49. The lowest BCUT2D eigenvalue weighted by Gasteiger charge is -2.27. The van der Waals surface area contributed by atoms with Gasteiger partial charge in [-0.15, -0.1) is 0 Å². The molecule has 6 atom stereocenters. The first kappa shape index (κ1) is 15.9. The van der Waals surface area contributed by atoms with Crippen LogP contribution in [0.5, 0.6) is 0 Å². The van der Waals surface area contributed by atoms with E-state index in [2.05, 4.69) is 26.8 Å². The molecule has 0 radical (unpaired) electrons. The topological polar surface area (TPSA) is 84.5 Å². The molecule has 3 fully saturated rings. The summed E-state index contributed by atoms with van der Waals surface area (Å²) in [6.07, 6.45) is 0.655. The van der Waals surface area contributed by atoms with Crippen molar-refractivity contribution < 1.29 is 19.1 Å². The first-order valence-electron chi connectivity index (χ1n) is 7.68. The zero-order valence-electron chi connectivity index (χ0n) is 12.4. The van der Waals surface area contributed by atoms with Crippen LogP contribution in [-0.2, 0) is 14.3 Å². The first-order valence-corrected chi connectivity index (χ1v) is 8.97. The molecule has 6 nitrogen and oxygen atoms in total. The van der Waals surface area contributed by atoms with Gasteiger partial charge in [0.1, 0.15) is 6.10 Å². The highest BCUT2D eigenvalue weighted by Crippen LogP contribution is 2.59. The maximum absolute atomic E-state index is 12.5. The molecule has 24 heavy (non-hydrogen) atoms. The second-order valence-corrected chi connectivity index (χ2v) is 7.85. The quantitative estimate of drug-likeness (QED) is 0.439. The van der Waals surface area contributed by atoms with E-state index in [4.69, 9.17) is 16.3 Å². The predicted molar refractivity (Wildman–Crippen MR) is 88.2 cm³/mol. The van der Waals surface area contributed by atoms with Crippen molar-refractivity contribution in [3.8, 4) is 0 Å². The molecule has 0 unspecified atom stereocenters. The van der Waals surface area contributed by atoms with E-state index in [-0.39, 0.29) is 40.2 Å². The lowest BCUT2D eigenvalue weighted by atomic mass is 9.79. The van der Waals surface area contributed by atoms with Crippen molar-refractivity contribution in [1.29, 1.82) is 0 Å². The van der Waals surface area contributed by atoms with E-state index in [1.54, 1.807) is 24.3 Å². The molecule has 1 aliphatic heterocycles. The number of benzene rings is 1. The van der Waals surface area contributed by atoms with Crippen molar-refractivity contribution >= 4 is 45.3 Å². The van der Waals surface area contributed by atoms with Crippen LogP contribution in [0.4, 0.5) is 0 Å². The fraction of sp³-hybridized carbons (Fsp3) is 0.438. The Morgan fingerprint density at radius 2 is 1.96 bits per heavy atom. The van der Waals surface area contributed by atoms with Gasteiger partial charge in [-0.05, 0) is 24.5 Å². The van der Waals surface area contributed by atoms with E-state index in [9.17, 15) is 14.4 Å². The number of ether oxygens (including phenoxy) is 1. The third kappa shape index (κ3) is 2.25. The van der Waals surface area contributed by atoms with Crippen LogP contribution in [0.3, 0.4) is 0 Å². The van der Waals surface area contributed by atoms with E-state index in [0.29, 0.717) is 5.02 Å². The lowest BCUT2D eigenvalue weighted by molar-refractivity contribution is -0.146. The van der Waals surface area contributed by atoms with Gasteiger partial charge >= 0.3 is 5.97 Å². The van der Waals surface area contributed by atoms with Crippen LogP contribution in [0.2, 0.25) is 5.02 Å². The van der Waals surface area contributed by atoms with Gasteiger partial charge in [0.25, 0.3) is 5.91 Å². The molecule has 2 amide bonds. The number of carbonyl (C=O) groups is 3. The van der Waals surface area contributed by atoms with E-state index in [1.807, 2.05) is 0 Å². The fourth-order valence-corrected chi connectivity index (χ4v) is 5.51. The minimum Gasteiger partial charge on any atom is -0.461 e. The molecule has 2 bridgehead atoms. The molecule has 0 aromatic heterocycles. The van der Waals surface area contributed by atoms with Crippen molar-refractivity contribution in [1.82, 2.24) is 10.9 Å². The predicted octanol–water partition coefficient (Wildman–Crippen LogP) is 1.67. The normalized spacial score (nSPS) is 35.7. The summed E-state index contributed by atoms with van der Waals surface area (Å²) in [5.41, 5.74) is 5.08. The van der Waals surface area contributed by atoms with Gasteiger partial charge in [-0.1, -0.05) is 39.7 Å². The number of fused-ring (bicyclic) bond motifs is 1. The largest absolute Gasteiger partial charge is 0.461 e. The maximum Gasteiger partial charge on any atom is 0.310 e. The molecule has 4 rings (SSSR count). The van der Waals surface area contributed by atoms with E-state index >= 15 is 0 Å². The van der Waals surface area contributed by atoms with Crippen LogP contribution in [0, 0.1) is 23.7 Å². The van der Waals surface area contributed by atoms with Gasteiger partial charge in [0.05, 0.1) is 27.2 Å². The van der Waals surface area contributed by atoms with Gasteiger partial charge in [0, 0.05) is 5.92 Å². The van der Waals surface area contributed by atoms with E-state index < -0.39 is 17.7 Å². The van der Waals surface area contributed by atoms with Gasteiger partial charge in [-0.3, -0.25) is 25.2 Å². The number of hydrazine groups is 1. The zero-order chi connectivity index (χ0) is 17.0. The molecule has 8 heteroatoms. The smallest absolute Gasteiger partial charge is 0.310 e. The number of halogens is 2. The number of rotatable bonds is 2. The minimum atomic E-state index is -0.501. The monoisotopic (exact) mass is 412 g/mol. The molecule has 1 aromatic carbocycles. The van der Waals surface area contributed by atoms with Crippen molar-refractivity contribution in [2.45, 2.75) is 17.4 Å². The van der Waals surface area contributed by atoms with E-state index in [0.717, 1.165) is 6.42 Å². The third-order valence-electron chi connectivity index (χ3n) is 5.24. The van der Waals surface area contributed by atoms with Gasteiger partial charge < -0.3 is 4.74 Å². The number of hydrogen-bond donors (Lipinski definition) is 2. The highest BCUT2D eigenvalue weighted by atomic mass is 79.9. The summed E-state index contributed by atoms with van der Waals surface area (Å²) in [6, 6.07) is 6.56. The first-order chi connectivity index (χ1) is 11.5. The number of alkyl halides is 1. The summed E-state index contributed by atoms with van der Waals surface area (Å²) < 4.78 is 5.37. The van der Waals surface area contributed by atoms with Crippen LogP contribution in [0.1, 0.15) is 16.8 Å². The number of amides is 2. The molecule has 1 heterocycles. The Balaban J connectivity index is 1.45. The summed E-state index contributed by atoms with van der Waals surface area (Å²) >= 11 is 9.51. The van der Waals surface area contributed by atoms with Crippen LogP contribution in [0.15, 0.2) is 24.3 Å². The number of nitrogens with one attached hydrogen (secondary N) is 2.